The number of carbonyl (C=O) groups excluding carboxylic acids is 2. The molecule has 1 aromatic heterocycles. The molecule has 0 unspecified atom stereocenters. The first kappa shape index (κ1) is 18.9. The topological polar surface area (TPSA) is 92.4 Å². The maximum absolute atomic E-state index is 12.3. The Morgan fingerprint density at radius 3 is 2.44 bits per heavy atom. The Kier molecular flexibility index (Phi) is 6.51. The second-order valence-electron chi connectivity index (χ2n) is 4.57. The number of aromatic nitrogens is 1. The third-order valence-corrected chi connectivity index (χ3v) is 3.62. The lowest BCUT2D eigenvalue weighted by Crippen LogP contribution is -2.48. The van der Waals surface area contributed by atoms with Crippen molar-refractivity contribution in [2.45, 2.75) is 0 Å². The first-order valence-electron chi connectivity index (χ1n) is 6.77. The number of rotatable bonds is 3. The van der Waals surface area contributed by atoms with Crippen molar-refractivity contribution >= 4 is 52.3 Å². The van der Waals surface area contributed by atoms with Crippen molar-refractivity contribution in [3.8, 4) is 5.75 Å². The van der Waals surface area contributed by atoms with Crippen LogP contribution >= 0.6 is 35.4 Å². The molecule has 0 spiro atoms. The summed E-state index contributed by atoms with van der Waals surface area (Å²) in [6.07, 6.45) is 2.95. The summed E-state index contributed by atoms with van der Waals surface area (Å²) in [5.74, 6) is -0.883. The Morgan fingerprint density at radius 2 is 1.80 bits per heavy atom. The van der Waals surface area contributed by atoms with Crippen LogP contribution in [0.15, 0.2) is 36.7 Å². The van der Waals surface area contributed by atoms with Crippen molar-refractivity contribution in [3.05, 3.63) is 57.8 Å². The lowest BCUT2D eigenvalue weighted by Gasteiger charge is -2.13. The molecule has 7 nitrogen and oxygen atoms in total. The van der Waals surface area contributed by atoms with Crippen molar-refractivity contribution < 1.29 is 14.3 Å². The van der Waals surface area contributed by atoms with Crippen molar-refractivity contribution in [3.63, 3.8) is 0 Å². The molecule has 0 aliphatic heterocycles. The van der Waals surface area contributed by atoms with Crippen LogP contribution in [0.5, 0.6) is 5.75 Å². The van der Waals surface area contributed by atoms with E-state index in [1.165, 1.54) is 43.8 Å². The van der Waals surface area contributed by atoms with Crippen molar-refractivity contribution in [2.75, 3.05) is 7.11 Å². The number of benzene rings is 1. The molecule has 1 aromatic carbocycles. The Labute approximate surface area is 158 Å². The van der Waals surface area contributed by atoms with Gasteiger partial charge in [-0.05, 0) is 36.5 Å². The minimum absolute atomic E-state index is 0.101. The molecule has 0 bridgehead atoms. The number of thiocarbonyl (C=S) groups is 1. The zero-order valence-electron chi connectivity index (χ0n) is 12.8. The second-order valence-corrected chi connectivity index (χ2v) is 5.82. The summed E-state index contributed by atoms with van der Waals surface area (Å²) in [6, 6.07) is 5.89. The summed E-state index contributed by atoms with van der Waals surface area (Å²) >= 11 is 16.9. The van der Waals surface area contributed by atoms with Gasteiger partial charge in [-0.3, -0.25) is 30.7 Å². The lowest BCUT2D eigenvalue weighted by molar-refractivity contribution is 0.0934. The van der Waals surface area contributed by atoms with Crippen molar-refractivity contribution in [1.82, 2.24) is 21.2 Å². The van der Waals surface area contributed by atoms with E-state index in [1.807, 2.05) is 0 Å². The molecule has 0 saturated carbocycles. The molecule has 130 valence electrons. The van der Waals surface area contributed by atoms with Gasteiger partial charge in [0, 0.05) is 23.0 Å². The Balaban J connectivity index is 1.99. The van der Waals surface area contributed by atoms with Gasteiger partial charge in [-0.1, -0.05) is 23.2 Å². The standard InChI is InChI=1S/C15H12Cl2N4O3S/c1-24-12-10(6-9(16)7-11(12)17)14(23)19-15(25)21-20-13(22)8-2-4-18-5-3-8/h2-7H,1H3,(H,20,22)(H2,19,21,23,25). The van der Waals surface area contributed by atoms with E-state index in [-0.39, 0.29) is 26.5 Å². The predicted molar refractivity (Wildman–Crippen MR) is 97.9 cm³/mol. The summed E-state index contributed by atoms with van der Waals surface area (Å²) in [5, 5.41) is 2.72. The van der Waals surface area contributed by atoms with E-state index < -0.39 is 11.8 Å². The summed E-state index contributed by atoms with van der Waals surface area (Å²) in [5.41, 5.74) is 5.25. The molecule has 3 N–H and O–H groups in total. The summed E-state index contributed by atoms with van der Waals surface area (Å²) in [6.45, 7) is 0. The summed E-state index contributed by atoms with van der Waals surface area (Å²) in [4.78, 5) is 28.0. The molecule has 0 fully saturated rings. The van der Waals surface area contributed by atoms with E-state index in [2.05, 4.69) is 21.2 Å². The molecule has 0 atom stereocenters. The van der Waals surface area contributed by atoms with Crippen LogP contribution < -0.4 is 20.9 Å². The van der Waals surface area contributed by atoms with Crippen LogP contribution in [0.4, 0.5) is 0 Å². The third-order valence-electron chi connectivity index (χ3n) is 2.92. The molecule has 0 aliphatic rings. The number of nitrogens with one attached hydrogen (secondary N) is 3. The zero-order valence-corrected chi connectivity index (χ0v) is 15.1. The quantitative estimate of drug-likeness (QED) is 0.542. The number of ether oxygens (including phenoxy) is 1. The molecule has 25 heavy (non-hydrogen) atoms. The van der Waals surface area contributed by atoms with Crippen LogP contribution in [0, 0.1) is 0 Å². The van der Waals surface area contributed by atoms with Crippen LogP contribution in [-0.4, -0.2) is 29.0 Å². The minimum atomic E-state index is -0.600. The molecule has 0 saturated heterocycles. The molecule has 10 heteroatoms. The second kappa shape index (κ2) is 8.61. The highest BCUT2D eigenvalue weighted by atomic mass is 35.5. The Bertz CT molecular complexity index is 818. The Morgan fingerprint density at radius 1 is 1.12 bits per heavy atom. The van der Waals surface area contributed by atoms with Gasteiger partial charge in [0.25, 0.3) is 11.8 Å². The normalized spacial score (nSPS) is 9.88. The fraction of sp³-hybridized carbons (Fsp3) is 0.0667. The number of nitrogens with zero attached hydrogens (tertiary/aromatic N) is 1. The van der Waals surface area contributed by atoms with Crippen molar-refractivity contribution in [1.29, 1.82) is 0 Å². The summed E-state index contributed by atoms with van der Waals surface area (Å²) < 4.78 is 5.10. The molecule has 2 rings (SSSR count). The van der Waals surface area contributed by atoms with E-state index in [1.54, 1.807) is 0 Å². The SMILES string of the molecule is COc1c(Cl)cc(Cl)cc1C(=O)NC(=S)NNC(=O)c1ccncc1. The van der Waals surface area contributed by atoms with E-state index in [0.717, 1.165) is 0 Å². The molecular weight excluding hydrogens is 387 g/mol. The van der Waals surface area contributed by atoms with Crippen molar-refractivity contribution in [2.24, 2.45) is 0 Å². The fourth-order valence-corrected chi connectivity index (χ4v) is 2.54. The van der Waals surface area contributed by atoms with Crippen LogP contribution in [0.25, 0.3) is 0 Å². The van der Waals surface area contributed by atoms with E-state index in [0.29, 0.717) is 5.56 Å². The van der Waals surface area contributed by atoms with Crippen LogP contribution in [0.1, 0.15) is 20.7 Å². The molecule has 0 aliphatic carbocycles. The molecule has 1 heterocycles. The summed E-state index contributed by atoms with van der Waals surface area (Å²) in [7, 11) is 1.37. The molecular formula is C15H12Cl2N4O3S. The maximum Gasteiger partial charge on any atom is 0.269 e. The molecule has 0 radical (unpaired) electrons. The van der Waals surface area contributed by atoms with Gasteiger partial charge >= 0.3 is 0 Å². The first-order valence-corrected chi connectivity index (χ1v) is 7.93. The predicted octanol–water partition coefficient (Wildman–Crippen LogP) is 2.35. The number of methoxy groups -OCH3 is 1. The maximum atomic E-state index is 12.3. The monoisotopic (exact) mass is 398 g/mol. The lowest BCUT2D eigenvalue weighted by atomic mass is 10.2. The van der Waals surface area contributed by atoms with E-state index in [4.69, 9.17) is 40.2 Å². The van der Waals surface area contributed by atoms with Gasteiger partial charge in [-0.25, -0.2) is 0 Å². The highest BCUT2D eigenvalue weighted by molar-refractivity contribution is 7.80. The highest BCUT2D eigenvalue weighted by Gasteiger charge is 2.18. The smallest absolute Gasteiger partial charge is 0.269 e. The van der Waals surface area contributed by atoms with Crippen LogP contribution in [0.2, 0.25) is 10.0 Å². The van der Waals surface area contributed by atoms with Gasteiger partial charge in [0.2, 0.25) is 0 Å². The van der Waals surface area contributed by atoms with Gasteiger partial charge in [-0.2, -0.15) is 0 Å². The molecule has 2 amide bonds. The minimum Gasteiger partial charge on any atom is -0.494 e. The first-order chi connectivity index (χ1) is 11.9. The largest absolute Gasteiger partial charge is 0.494 e. The average molecular weight is 399 g/mol. The molecule has 2 aromatic rings. The number of hydrogen-bond acceptors (Lipinski definition) is 5. The van der Waals surface area contributed by atoms with Gasteiger partial charge in [-0.15, -0.1) is 0 Å². The zero-order chi connectivity index (χ0) is 18.4. The average Bonchev–Trinajstić information content (AvgIpc) is 2.59. The third kappa shape index (κ3) is 5.02. The van der Waals surface area contributed by atoms with Gasteiger partial charge in [0.1, 0.15) is 5.75 Å². The Hall–Kier alpha value is -2.42. The van der Waals surface area contributed by atoms with Gasteiger partial charge < -0.3 is 4.74 Å². The van der Waals surface area contributed by atoms with Crippen LogP contribution in [0.3, 0.4) is 0 Å². The number of hydrazine groups is 1. The van der Waals surface area contributed by atoms with Gasteiger partial charge in [0.15, 0.2) is 5.11 Å². The fourth-order valence-electron chi connectivity index (χ4n) is 1.83. The number of hydrogen-bond donors (Lipinski definition) is 3. The van der Waals surface area contributed by atoms with Gasteiger partial charge in [0.05, 0.1) is 17.7 Å². The number of amides is 2. The number of carbonyl (C=O) groups is 2. The number of pyridine rings is 1. The van der Waals surface area contributed by atoms with Crippen LogP contribution in [-0.2, 0) is 0 Å². The number of halogens is 2. The van der Waals surface area contributed by atoms with E-state index in [9.17, 15) is 9.59 Å². The van der Waals surface area contributed by atoms with E-state index >= 15 is 0 Å². The highest BCUT2D eigenvalue weighted by Crippen LogP contribution is 2.32.